The maximum Gasteiger partial charge on any atom is 0.247 e. The first-order valence-corrected chi connectivity index (χ1v) is 15.6. The second-order valence-corrected chi connectivity index (χ2v) is 11.8. The van der Waals surface area contributed by atoms with Crippen molar-refractivity contribution in [3.05, 3.63) is 143 Å². The Balaban J connectivity index is 1.36. The molecule has 0 unspecified atom stereocenters. The van der Waals surface area contributed by atoms with Crippen molar-refractivity contribution in [2.24, 2.45) is 7.05 Å². The molecule has 0 saturated carbocycles. The molecule has 8 nitrogen and oxygen atoms in total. The maximum atomic E-state index is 14.6. The summed E-state index contributed by atoms with van der Waals surface area (Å²) in [6, 6.07) is 27.2. The van der Waals surface area contributed by atoms with Crippen molar-refractivity contribution in [1.29, 1.82) is 0 Å². The van der Waals surface area contributed by atoms with Gasteiger partial charge in [-0.2, -0.15) is 5.10 Å². The number of benzene rings is 3. The number of nitrogens with zero attached hydrogens (tertiary/aromatic N) is 6. The lowest BCUT2D eigenvalue weighted by Crippen LogP contribution is -2.52. The highest BCUT2D eigenvalue weighted by molar-refractivity contribution is 5.96. The Kier molecular flexibility index (Phi) is 9.15. The Hall–Kier alpha value is -5.37. The summed E-state index contributed by atoms with van der Waals surface area (Å²) >= 11 is 0. The summed E-state index contributed by atoms with van der Waals surface area (Å²) in [5, 5.41) is 4.50. The largest absolute Gasteiger partial charge is 0.336 e. The van der Waals surface area contributed by atoms with Crippen molar-refractivity contribution >= 4 is 17.9 Å². The zero-order valence-electron chi connectivity index (χ0n) is 26.5. The van der Waals surface area contributed by atoms with Crippen molar-refractivity contribution < 1.29 is 9.59 Å². The van der Waals surface area contributed by atoms with Gasteiger partial charge in [0.1, 0.15) is 6.04 Å². The molecule has 2 aromatic heterocycles. The average Bonchev–Trinajstić information content (AvgIpc) is 3.34. The van der Waals surface area contributed by atoms with Gasteiger partial charge in [0.15, 0.2) is 5.82 Å². The molecule has 0 spiro atoms. The molecule has 0 bridgehead atoms. The summed E-state index contributed by atoms with van der Waals surface area (Å²) in [7, 11) is 1.89. The Labute approximate surface area is 270 Å². The molecule has 8 heteroatoms. The number of hydrogen-bond donors (Lipinski definition) is 0. The molecular weight excluding hydrogens is 572 g/mol. The number of rotatable bonds is 9. The molecule has 1 aliphatic heterocycles. The van der Waals surface area contributed by atoms with Gasteiger partial charge in [0.05, 0.1) is 5.69 Å². The summed E-state index contributed by atoms with van der Waals surface area (Å²) in [4.78, 5) is 41.2. The van der Waals surface area contributed by atoms with E-state index in [0.29, 0.717) is 25.3 Å². The molecule has 0 saturated heterocycles. The van der Waals surface area contributed by atoms with Crippen molar-refractivity contribution in [3.8, 4) is 11.4 Å². The van der Waals surface area contributed by atoms with E-state index >= 15 is 0 Å². The van der Waals surface area contributed by atoms with Crippen LogP contribution in [0.3, 0.4) is 0 Å². The first kappa shape index (κ1) is 30.6. The number of fused-ring (bicyclic) bond motifs is 1. The summed E-state index contributed by atoms with van der Waals surface area (Å²) in [6.45, 7) is 5.31. The third-order valence-corrected chi connectivity index (χ3v) is 8.75. The number of carbonyl (C=O) groups excluding carboxylic acids is 2. The van der Waals surface area contributed by atoms with E-state index in [2.05, 4.69) is 27.2 Å². The van der Waals surface area contributed by atoms with E-state index in [1.807, 2.05) is 103 Å². The summed E-state index contributed by atoms with van der Waals surface area (Å²) in [5.41, 5.74) is 7.93. The lowest BCUT2D eigenvalue weighted by molar-refractivity contribution is -0.144. The fraction of sp³-hybridized carbons (Fsp3) is 0.237. The minimum atomic E-state index is -0.710. The van der Waals surface area contributed by atoms with Crippen molar-refractivity contribution in [3.63, 3.8) is 0 Å². The molecule has 6 rings (SSSR count). The van der Waals surface area contributed by atoms with Crippen LogP contribution in [0, 0.1) is 13.8 Å². The van der Waals surface area contributed by atoms with Crippen molar-refractivity contribution in [1.82, 2.24) is 29.5 Å². The van der Waals surface area contributed by atoms with E-state index < -0.39 is 6.04 Å². The van der Waals surface area contributed by atoms with Crippen LogP contribution in [0.15, 0.2) is 103 Å². The van der Waals surface area contributed by atoms with Crippen molar-refractivity contribution in [2.45, 2.75) is 45.8 Å². The highest BCUT2D eigenvalue weighted by Crippen LogP contribution is 2.24. The van der Waals surface area contributed by atoms with Crippen LogP contribution in [0.5, 0.6) is 0 Å². The molecule has 0 radical (unpaired) electrons. The minimum Gasteiger partial charge on any atom is -0.336 e. The first-order chi connectivity index (χ1) is 22.4. The number of aromatic nitrogens is 4. The lowest BCUT2D eigenvalue weighted by Gasteiger charge is -2.37. The highest BCUT2D eigenvalue weighted by Gasteiger charge is 2.34. The highest BCUT2D eigenvalue weighted by atomic mass is 16.2. The van der Waals surface area contributed by atoms with E-state index in [9.17, 15) is 9.59 Å². The fourth-order valence-corrected chi connectivity index (χ4v) is 6.09. The van der Waals surface area contributed by atoms with Crippen LogP contribution in [0.4, 0.5) is 0 Å². The van der Waals surface area contributed by atoms with Crippen LogP contribution in [0.25, 0.3) is 17.5 Å². The molecule has 1 atom stereocenters. The van der Waals surface area contributed by atoms with Gasteiger partial charge >= 0.3 is 0 Å². The zero-order chi connectivity index (χ0) is 32.0. The number of carbonyl (C=O) groups is 2. The van der Waals surface area contributed by atoms with E-state index in [0.717, 1.165) is 45.6 Å². The Morgan fingerprint density at radius 3 is 2.26 bits per heavy atom. The van der Waals surface area contributed by atoms with Crippen LogP contribution in [-0.2, 0) is 42.6 Å². The normalized spacial score (nSPS) is 13.4. The predicted molar refractivity (Wildman–Crippen MR) is 179 cm³/mol. The third kappa shape index (κ3) is 6.81. The topological polar surface area (TPSA) is 84.2 Å². The van der Waals surface area contributed by atoms with Crippen LogP contribution in [-0.4, -0.2) is 53.9 Å². The molecule has 0 aliphatic carbocycles. The number of aryl methyl sites for hydroxylation is 2. The molecule has 232 valence electrons. The quantitative estimate of drug-likeness (QED) is 0.199. The summed E-state index contributed by atoms with van der Waals surface area (Å²) < 4.78 is 1.81. The summed E-state index contributed by atoms with van der Waals surface area (Å²) in [5.74, 6) is 0.350. The van der Waals surface area contributed by atoms with E-state index in [4.69, 9.17) is 0 Å². The fourth-order valence-electron chi connectivity index (χ4n) is 6.09. The second-order valence-electron chi connectivity index (χ2n) is 11.8. The Morgan fingerprint density at radius 1 is 0.870 bits per heavy atom. The van der Waals surface area contributed by atoms with Gasteiger partial charge in [-0.25, -0.2) is 9.97 Å². The average molecular weight is 611 g/mol. The van der Waals surface area contributed by atoms with Crippen LogP contribution >= 0.6 is 0 Å². The van der Waals surface area contributed by atoms with E-state index in [-0.39, 0.29) is 18.4 Å². The van der Waals surface area contributed by atoms with Gasteiger partial charge in [-0.3, -0.25) is 14.3 Å². The third-order valence-electron chi connectivity index (χ3n) is 8.75. The first-order valence-electron chi connectivity index (χ1n) is 15.6. The van der Waals surface area contributed by atoms with Gasteiger partial charge in [-0.1, -0.05) is 78.9 Å². The molecule has 46 heavy (non-hydrogen) atoms. The lowest BCUT2D eigenvalue weighted by atomic mass is 9.97. The number of hydrogen-bond acceptors (Lipinski definition) is 5. The van der Waals surface area contributed by atoms with Crippen LogP contribution in [0.1, 0.15) is 39.2 Å². The smallest absolute Gasteiger partial charge is 0.247 e. The Morgan fingerprint density at radius 2 is 1.57 bits per heavy atom. The molecule has 3 heterocycles. The van der Waals surface area contributed by atoms with Crippen molar-refractivity contribution in [2.75, 3.05) is 6.54 Å². The maximum absolute atomic E-state index is 14.6. The molecule has 3 aromatic carbocycles. The molecule has 5 aromatic rings. The Bertz CT molecular complexity index is 1850. The predicted octanol–water partition coefficient (Wildman–Crippen LogP) is 5.73. The van der Waals surface area contributed by atoms with Gasteiger partial charge in [0, 0.05) is 68.4 Å². The molecule has 2 amide bonds. The van der Waals surface area contributed by atoms with Gasteiger partial charge < -0.3 is 9.80 Å². The van der Waals surface area contributed by atoms with Gasteiger partial charge in [0.25, 0.3) is 0 Å². The number of amides is 2. The van der Waals surface area contributed by atoms with Gasteiger partial charge in [-0.15, -0.1) is 0 Å². The molecule has 0 fully saturated rings. The molecule has 1 aliphatic rings. The minimum absolute atomic E-state index is 0.0526. The molecule has 0 N–H and O–H groups in total. The van der Waals surface area contributed by atoms with E-state index in [1.165, 1.54) is 5.56 Å². The standard InChI is InChI=1S/C38H38N6O2/c1-27-34(28(2)42(3)41-27)18-19-36(45)44(25-30-14-16-32(17-15-30)37-39-21-9-22-40-37)35(24-29-10-5-4-6-11-29)38(46)43-23-20-31-12-7-8-13-33(31)26-43/h4-19,21-22,35H,20,23-26H2,1-3H3/t35-/m0/s1. The van der Waals surface area contributed by atoms with Gasteiger partial charge in [-0.05, 0) is 54.7 Å². The summed E-state index contributed by atoms with van der Waals surface area (Å²) in [6.07, 6.45) is 8.03. The molecular formula is C38H38N6O2. The zero-order valence-corrected chi connectivity index (χ0v) is 26.5. The van der Waals surface area contributed by atoms with Crippen LogP contribution in [0.2, 0.25) is 0 Å². The second kappa shape index (κ2) is 13.7. The van der Waals surface area contributed by atoms with Gasteiger partial charge in [0.2, 0.25) is 11.8 Å². The SMILES string of the molecule is Cc1nn(C)c(C)c1C=CC(=O)N(Cc1ccc(-c2ncccn2)cc1)[C@@H](Cc1ccccc1)C(=O)N1CCc2ccccc2C1. The van der Waals surface area contributed by atoms with Crippen LogP contribution < -0.4 is 0 Å². The monoisotopic (exact) mass is 610 g/mol. The van der Waals surface area contributed by atoms with E-state index in [1.54, 1.807) is 29.4 Å².